The Morgan fingerprint density at radius 3 is 2.28 bits per heavy atom. The van der Waals surface area contributed by atoms with E-state index in [1.54, 1.807) is 0 Å². The lowest BCUT2D eigenvalue weighted by Gasteiger charge is -2.08. The Kier molecular flexibility index (Phi) is 6.58. The van der Waals surface area contributed by atoms with E-state index >= 15 is 0 Å². The maximum atomic E-state index is 3.38. The Morgan fingerprint density at radius 2 is 1.61 bits per heavy atom. The van der Waals surface area contributed by atoms with E-state index in [-0.39, 0.29) is 0 Å². The van der Waals surface area contributed by atoms with Gasteiger partial charge in [0.1, 0.15) is 0 Å². The molecule has 0 saturated heterocycles. The van der Waals surface area contributed by atoms with Gasteiger partial charge in [-0.3, -0.25) is 0 Å². The van der Waals surface area contributed by atoms with Crippen LogP contribution in [0.25, 0.3) is 0 Å². The fraction of sp³-hybridized carbons (Fsp3) is 0.556. The molecular weight excluding hydrogens is 216 g/mol. The van der Waals surface area contributed by atoms with E-state index in [0.29, 0.717) is 0 Å². The molecule has 0 spiro atoms. The van der Waals surface area contributed by atoms with Crippen LogP contribution in [0, 0.1) is 25.7 Å². The Hall–Kier alpha value is -1.22. The number of hydrogen-bond donors (Lipinski definition) is 0. The molecule has 0 heteroatoms. The summed E-state index contributed by atoms with van der Waals surface area (Å²) in [4.78, 5) is 0. The zero-order valence-corrected chi connectivity index (χ0v) is 12.4. The molecule has 0 unspecified atom stereocenters. The van der Waals surface area contributed by atoms with E-state index in [2.05, 4.69) is 51.7 Å². The lowest BCUT2D eigenvalue weighted by Crippen LogP contribution is -1.94. The molecule has 1 aromatic rings. The second kappa shape index (κ2) is 7.98. The standard InChI is InChI=1S/C18H26/c1-5-7-9-10-12-18-14-16(4)15(3)13-17(18)11-8-6-2/h13-14H,5-9,11H2,1-4H3. The van der Waals surface area contributed by atoms with Crippen LogP contribution in [0.5, 0.6) is 0 Å². The maximum Gasteiger partial charge on any atom is 0.0280 e. The molecule has 18 heavy (non-hydrogen) atoms. The molecule has 0 atom stereocenters. The monoisotopic (exact) mass is 242 g/mol. The average Bonchev–Trinajstić information content (AvgIpc) is 2.36. The first-order valence-electron chi connectivity index (χ1n) is 7.28. The Balaban J connectivity index is 2.91. The molecule has 0 radical (unpaired) electrons. The summed E-state index contributed by atoms with van der Waals surface area (Å²) in [7, 11) is 0. The van der Waals surface area contributed by atoms with Crippen LogP contribution >= 0.6 is 0 Å². The summed E-state index contributed by atoms with van der Waals surface area (Å²) in [6.45, 7) is 8.83. The van der Waals surface area contributed by atoms with Gasteiger partial charge >= 0.3 is 0 Å². The van der Waals surface area contributed by atoms with Gasteiger partial charge in [-0.2, -0.15) is 0 Å². The largest absolute Gasteiger partial charge is 0.0979 e. The molecule has 0 aromatic heterocycles. The highest BCUT2D eigenvalue weighted by molar-refractivity contribution is 5.46. The summed E-state index contributed by atoms with van der Waals surface area (Å²) in [5, 5.41) is 0. The molecule has 0 aliphatic carbocycles. The van der Waals surface area contributed by atoms with Crippen LogP contribution in [0.3, 0.4) is 0 Å². The summed E-state index contributed by atoms with van der Waals surface area (Å²) in [6.07, 6.45) is 7.13. The second-order valence-electron chi connectivity index (χ2n) is 5.10. The van der Waals surface area contributed by atoms with E-state index in [0.717, 1.165) is 12.8 Å². The first kappa shape index (κ1) is 14.8. The van der Waals surface area contributed by atoms with Gasteiger partial charge in [-0.25, -0.2) is 0 Å². The first-order valence-corrected chi connectivity index (χ1v) is 7.28. The Morgan fingerprint density at radius 1 is 0.944 bits per heavy atom. The van der Waals surface area contributed by atoms with Crippen molar-refractivity contribution in [1.82, 2.24) is 0 Å². The van der Waals surface area contributed by atoms with Crippen molar-refractivity contribution in [1.29, 1.82) is 0 Å². The van der Waals surface area contributed by atoms with E-state index in [1.807, 2.05) is 0 Å². The molecule has 0 bridgehead atoms. The van der Waals surface area contributed by atoms with Crippen LogP contribution in [0.1, 0.15) is 68.2 Å². The third-order valence-corrected chi connectivity index (χ3v) is 3.40. The van der Waals surface area contributed by atoms with Crippen molar-refractivity contribution in [2.75, 3.05) is 0 Å². The van der Waals surface area contributed by atoms with Crippen molar-refractivity contribution in [2.24, 2.45) is 0 Å². The summed E-state index contributed by atoms with van der Waals surface area (Å²) < 4.78 is 0. The fourth-order valence-electron chi connectivity index (χ4n) is 1.99. The van der Waals surface area contributed by atoms with Crippen LogP contribution in [-0.4, -0.2) is 0 Å². The maximum absolute atomic E-state index is 3.38. The van der Waals surface area contributed by atoms with Crippen molar-refractivity contribution in [3.8, 4) is 11.8 Å². The SMILES string of the molecule is CCCCC#Cc1cc(C)c(C)cc1CCCC. The molecule has 0 N–H and O–H groups in total. The molecule has 1 rings (SSSR count). The van der Waals surface area contributed by atoms with E-state index in [9.17, 15) is 0 Å². The number of unbranched alkanes of at least 4 members (excludes halogenated alkanes) is 3. The summed E-state index contributed by atoms with van der Waals surface area (Å²) in [5.74, 6) is 6.69. The smallest absolute Gasteiger partial charge is 0.0280 e. The van der Waals surface area contributed by atoms with Crippen LogP contribution in [0.4, 0.5) is 0 Å². The molecule has 0 nitrogen and oxygen atoms in total. The third kappa shape index (κ3) is 4.57. The van der Waals surface area contributed by atoms with Crippen LogP contribution in [0.2, 0.25) is 0 Å². The van der Waals surface area contributed by atoms with Crippen LogP contribution in [0.15, 0.2) is 12.1 Å². The molecule has 0 fully saturated rings. The molecule has 0 heterocycles. The molecule has 1 aromatic carbocycles. The minimum absolute atomic E-state index is 1.02. The van der Waals surface area contributed by atoms with Crippen molar-refractivity contribution < 1.29 is 0 Å². The van der Waals surface area contributed by atoms with Gasteiger partial charge in [0.15, 0.2) is 0 Å². The minimum atomic E-state index is 1.02. The lowest BCUT2D eigenvalue weighted by atomic mass is 9.96. The quantitative estimate of drug-likeness (QED) is 0.492. The molecule has 0 aliphatic rings. The van der Waals surface area contributed by atoms with Gasteiger partial charge in [0.2, 0.25) is 0 Å². The predicted octanol–water partition coefficient (Wildman–Crippen LogP) is 5.19. The summed E-state index contributed by atoms with van der Waals surface area (Å²) >= 11 is 0. The predicted molar refractivity (Wildman–Crippen MR) is 80.9 cm³/mol. The number of benzene rings is 1. The zero-order chi connectivity index (χ0) is 13.4. The number of rotatable bonds is 5. The Labute approximate surface area is 113 Å². The molecular formula is C18H26. The van der Waals surface area contributed by atoms with Gasteiger partial charge in [0.05, 0.1) is 0 Å². The van der Waals surface area contributed by atoms with Crippen molar-refractivity contribution >= 4 is 0 Å². The van der Waals surface area contributed by atoms with Crippen LogP contribution < -0.4 is 0 Å². The van der Waals surface area contributed by atoms with Gasteiger partial charge in [0, 0.05) is 12.0 Å². The van der Waals surface area contributed by atoms with Crippen LogP contribution in [-0.2, 0) is 6.42 Å². The summed E-state index contributed by atoms with van der Waals surface area (Å²) in [5.41, 5.74) is 5.43. The molecule has 0 aliphatic heterocycles. The summed E-state index contributed by atoms with van der Waals surface area (Å²) in [6, 6.07) is 4.59. The van der Waals surface area contributed by atoms with Gasteiger partial charge in [-0.05, 0) is 55.9 Å². The highest BCUT2D eigenvalue weighted by Gasteiger charge is 2.03. The van der Waals surface area contributed by atoms with Gasteiger partial charge < -0.3 is 0 Å². The zero-order valence-electron chi connectivity index (χ0n) is 12.4. The number of aryl methyl sites for hydroxylation is 3. The first-order chi connectivity index (χ1) is 8.69. The highest BCUT2D eigenvalue weighted by Crippen LogP contribution is 2.17. The lowest BCUT2D eigenvalue weighted by molar-refractivity contribution is 0.792. The molecule has 0 saturated carbocycles. The van der Waals surface area contributed by atoms with E-state index in [1.165, 1.54) is 47.9 Å². The highest BCUT2D eigenvalue weighted by atomic mass is 14.1. The van der Waals surface area contributed by atoms with Crippen molar-refractivity contribution in [3.63, 3.8) is 0 Å². The van der Waals surface area contributed by atoms with Crippen molar-refractivity contribution in [3.05, 3.63) is 34.4 Å². The van der Waals surface area contributed by atoms with Gasteiger partial charge in [0.25, 0.3) is 0 Å². The topological polar surface area (TPSA) is 0 Å². The normalized spacial score (nSPS) is 10.0. The molecule has 98 valence electrons. The van der Waals surface area contributed by atoms with Gasteiger partial charge in [-0.1, -0.05) is 44.6 Å². The fourth-order valence-corrected chi connectivity index (χ4v) is 1.99. The van der Waals surface area contributed by atoms with Gasteiger partial charge in [-0.15, -0.1) is 0 Å². The third-order valence-electron chi connectivity index (χ3n) is 3.40. The average molecular weight is 242 g/mol. The number of hydrogen-bond acceptors (Lipinski definition) is 0. The molecule has 0 amide bonds. The van der Waals surface area contributed by atoms with E-state index < -0.39 is 0 Å². The van der Waals surface area contributed by atoms with Crippen molar-refractivity contribution in [2.45, 2.75) is 66.2 Å². The Bertz CT molecular complexity index is 429. The van der Waals surface area contributed by atoms with E-state index in [4.69, 9.17) is 0 Å². The second-order valence-corrected chi connectivity index (χ2v) is 5.10. The minimum Gasteiger partial charge on any atom is -0.0979 e.